The number of thioether (sulfide) groups is 1. The van der Waals surface area contributed by atoms with Crippen LogP contribution in [0.3, 0.4) is 0 Å². The third kappa shape index (κ3) is 4.04. The Hall–Kier alpha value is -3.23. The molecular formula is C23H19FN4O2S. The van der Waals surface area contributed by atoms with Gasteiger partial charge in [0.25, 0.3) is 0 Å². The molecule has 31 heavy (non-hydrogen) atoms. The number of hydrogen-bond donors (Lipinski definition) is 0. The second-order valence-electron chi connectivity index (χ2n) is 7.12. The van der Waals surface area contributed by atoms with Crippen molar-refractivity contribution in [2.45, 2.75) is 23.8 Å². The molecule has 0 N–H and O–H groups in total. The summed E-state index contributed by atoms with van der Waals surface area (Å²) in [7, 11) is 1.90. The summed E-state index contributed by atoms with van der Waals surface area (Å²) >= 11 is 1.48. The molecule has 3 heterocycles. The van der Waals surface area contributed by atoms with Gasteiger partial charge in [-0.15, -0.1) is 10.2 Å². The van der Waals surface area contributed by atoms with Crippen molar-refractivity contribution in [3.05, 3.63) is 89.5 Å². The van der Waals surface area contributed by atoms with Gasteiger partial charge in [-0.05, 0) is 24.3 Å². The molecule has 1 atom stereocenters. The highest BCUT2D eigenvalue weighted by molar-refractivity contribution is 7.98. The first-order chi connectivity index (χ1) is 15.2. The Kier molecular flexibility index (Phi) is 5.40. The average Bonchev–Trinajstić information content (AvgIpc) is 3.18. The van der Waals surface area contributed by atoms with E-state index in [-0.39, 0.29) is 5.82 Å². The van der Waals surface area contributed by atoms with Gasteiger partial charge < -0.3 is 14.0 Å². The topological polar surface area (TPSA) is 62.1 Å². The van der Waals surface area contributed by atoms with Crippen molar-refractivity contribution in [3.63, 3.8) is 0 Å². The lowest BCUT2D eigenvalue weighted by Crippen LogP contribution is -2.19. The van der Waals surface area contributed by atoms with Crippen molar-refractivity contribution >= 4 is 11.8 Å². The van der Waals surface area contributed by atoms with Gasteiger partial charge in [0.1, 0.15) is 11.6 Å². The van der Waals surface area contributed by atoms with Crippen molar-refractivity contribution in [2.24, 2.45) is 7.05 Å². The van der Waals surface area contributed by atoms with Crippen LogP contribution in [0.5, 0.6) is 5.75 Å². The van der Waals surface area contributed by atoms with Crippen LogP contribution in [0.4, 0.5) is 4.39 Å². The van der Waals surface area contributed by atoms with Gasteiger partial charge in [0.05, 0.1) is 6.61 Å². The molecular weight excluding hydrogens is 415 g/mol. The van der Waals surface area contributed by atoms with E-state index in [4.69, 9.17) is 9.47 Å². The van der Waals surface area contributed by atoms with Crippen LogP contribution in [0, 0.1) is 5.82 Å². The zero-order valence-electron chi connectivity index (χ0n) is 16.7. The summed E-state index contributed by atoms with van der Waals surface area (Å²) in [5.74, 6) is 1.57. The molecule has 1 aliphatic rings. The highest BCUT2D eigenvalue weighted by atomic mass is 32.2. The Balaban J connectivity index is 1.39. The van der Waals surface area contributed by atoms with Crippen LogP contribution in [0.1, 0.15) is 23.0 Å². The SMILES string of the molecule is Cn1c(SCc2cc(F)cc3c2OC(c2ccccc2)OC3)nnc1-c1cccnc1. The Morgan fingerprint density at radius 2 is 2.00 bits per heavy atom. The highest BCUT2D eigenvalue weighted by Gasteiger charge is 2.25. The molecule has 4 aromatic rings. The lowest BCUT2D eigenvalue weighted by atomic mass is 10.1. The number of aromatic nitrogens is 4. The van der Waals surface area contributed by atoms with Gasteiger partial charge >= 0.3 is 0 Å². The van der Waals surface area contributed by atoms with E-state index in [9.17, 15) is 4.39 Å². The molecule has 156 valence electrons. The molecule has 0 aliphatic carbocycles. The molecule has 8 heteroatoms. The van der Waals surface area contributed by atoms with Crippen molar-refractivity contribution in [1.82, 2.24) is 19.7 Å². The van der Waals surface area contributed by atoms with E-state index in [1.54, 1.807) is 12.4 Å². The van der Waals surface area contributed by atoms with E-state index in [0.717, 1.165) is 27.7 Å². The van der Waals surface area contributed by atoms with E-state index < -0.39 is 6.29 Å². The smallest absolute Gasteiger partial charge is 0.227 e. The Bertz CT molecular complexity index is 1200. The van der Waals surface area contributed by atoms with Gasteiger partial charge in [-0.25, -0.2) is 4.39 Å². The molecule has 0 amide bonds. The molecule has 2 aromatic carbocycles. The molecule has 0 fully saturated rings. The van der Waals surface area contributed by atoms with Crippen LogP contribution < -0.4 is 4.74 Å². The number of fused-ring (bicyclic) bond motifs is 1. The fourth-order valence-electron chi connectivity index (χ4n) is 3.49. The van der Waals surface area contributed by atoms with Gasteiger partial charge in [-0.1, -0.05) is 42.1 Å². The zero-order valence-corrected chi connectivity index (χ0v) is 17.6. The van der Waals surface area contributed by atoms with Gasteiger partial charge in [-0.3, -0.25) is 4.98 Å². The maximum atomic E-state index is 14.2. The standard InChI is InChI=1S/C23H19FN4O2S/c1-28-21(16-8-5-9-25-12-16)26-27-23(28)31-14-18-11-19(24)10-17-13-29-22(30-20(17)18)15-6-3-2-4-7-15/h2-12,22H,13-14H2,1H3. The molecule has 6 nitrogen and oxygen atoms in total. The van der Waals surface area contributed by atoms with E-state index in [0.29, 0.717) is 23.7 Å². The Morgan fingerprint density at radius 1 is 1.13 bits per heavy atom. The van der Waals surface area contributed by atoms with Crippen LogP contribution >= 0.6 is 11.8 Å². The number of pyridine rings is 1. The predicted molar refractivity (Wildman–Crippen MR) is 115 cm³/mol. The minimum Gasteiger partial charge on any atom is -0.460 e. The van der Waals surface area contributed by atoms with Crippen molar-refractivity contribution in [1.29, 1.82) is 0 Å². The number of ether oxygens (including phenoxy) is 2. The van der Waals surface area contributed by atoms with Crippen LogP contribution in [0.25, 0.3) is 11.4 Å². The van der Waals surface area contributed by atoms with Crippen molar-refractivity contribution in [3.8, 4) is 17.1 Å². The summed E-state index contributed by atoms with van der Waals surface area (Å²) in [5.41, 5.74) is 3.27. The average molecular weight is 434 g/mol. The van der Waals surface area contributed by atoms with Crippen LogP contribution in [-0.2, 0) is 24.1 Å². The number of benzene rings is 2. The lowest BCUT2D eigenvalue weighted by molar-refractivity contribution is -0.112. The number of halogens is 1. The van der Waals surface area contributed by atoms with Crippen molar-refractivity contribution < 1.29 is 13.9 Å². The van der Waals surface area contributed by atoms with Crippen LogP contribution in [0.15, 0.2) is 72.1 Å². The molecule has 1 aliphatic heterocycles. The molecule has 0 bridgehead atoms. The fraction of sp³-hybridized carbons (Fsp3) is 0.174. The number of rotatable bonds is 5. The summed E-state index contributed by atoms with van der Waals surface area (Å²) in [5, 5.41) is 9.30. The first kappa shape index (κ1) is 19.7. The third-order valence-corrected chi connectivity index (χ3v) is 6.07. The molecule has 2 aromatic heterocycles. The first-order valence-corrected chi connectivity index (χ1v) is 10.7. The second-order valence-corrected chi connectivity index (χ2v) is 8.06. The number of hydrogen-bond acceptors (Lipinski definition) is 6. The molecule has 0 radical (unpaired) electrons. The highest BCUT2D eigenvalue weighted by Crippen LogP contribution is 2.38. The Labute approximate surface area is 183 Å². The molecule has 0 saturated heterocycles. The van der Waals surface area contributed by atoms with Gasteiger partial charge in [0.2, 0.25) is 6.29 Å². The summed E-state index contributed by atoms with van der Waals surface area (Å²) in [6, 6.07) is 16.5. The zero-order chi connectivity index (χ0) is 21.2. The van der Waals surface area contributed by atoms with Gasteiger partial charge in [0, 0.05) is 47.4 Å². The first-order valence-electron chi connectivity index (χ1n) is 9.76. The summed E-state index contributed by atoms with van der Waals surface area (Å²) in [6.45, 7) is 0.291. The maximum absolute atomic E-state index is 14.2. The predicted octanol–water partition coefficient (Wildman–Crippen LogP) is 4.92. The molecule has 0 saturated carbocycles. The minimum absolute atomic E-state index is 0.291. The maximum Gasteiger partial charge on any atom is 0.227 e. The largest absolute Gasteiger partial charge is 0.460 e. The molecule has 5 rings (SSSR count). The molecule has 0 spiro atoms. The van der Waals surface area contributed by atoms with E-state index in [1.807, 2.05) is 54.1 Å². The second kappa shape index (κ2) is 8.49. The monoisotopic (exact) mass is 434 g/mol. The summed E-state index contributed by atoms with van der Waals surface area (Å²) in [6.07, 6.45) is 2.95. The van der Waals surface area contributed by atoms with Crippen molar-refractivity contribution in [2.75, 3.05) is 0 Å². The van der Waals surface area contributed by atoms with Crippen LogP contribution in [0.2, 0.25) is 0 Å². The summed E-state index contributed by atoms with van der Waals surface area (Å²) in [4.78, 5) is 4.14. The number of nitrogens with zero attached hydrogens (tertiary/aromatic N) is 4. The van der Waals surface area contributed by atoms with E-state index in [2.05, 4.69) is 15.2 Å². The van der Waals surface area contributed by atoms with E-state index >= 15 is 0 Å². The Morgan fingerprint density at radius 3 is 2.81 bits per heavy atom. The fourth-order valence-corrected chi connectivity index (χ4v) is 4.37. The third-order valence-electron chi connectivity index (χ3n) is 5.01. The minimum atomic E-state index is -0.519. The summed E-state index contributed by atoms with van der Waals surface area (Å²) < 4.78 is 28.1. The van der Waals surface area contributed by atoms with Gasteiger partial charge in [-0.2, -0.15) is 0 Å². The normalized spacial score (nSPS) is 15.4. The van der Waals surface area contributed by atoms with Crippen LogP contribution in [-0.4, -0.2) is 19.7 Å². The van der Waals surface area contributed by atoms with Gasteiger partial charge in [0.15, 0.2) is 11.0 Å². The lowest BCUT2D eigenvalue weighted by Gasteiger charge is -2.28. The molecule has 1 unspecified atom stereocenters. The quantitative estimate of drug-likeness (QED) is 0.416. The van der Waals surface area contributed by atoms with E-state index in [1.165, 1.54) is 23.9 Å².